The van der Waals surface area contributed by atoms with Crippen molar-refractivity contribution < 1.29 is 13.2 Å². The molecule has 1 aromatic heterocycles. The Morgan fingerprint density at radius 3 is 2.59 bits per heavy atom. The largest absolute Gasteiger partial charge is 0.433 e. The molecule has 0 bridgehead atoms. The molecule has 96 valence electrons. The molecule has 0 spiro atoms. The fourth-order valence-corrected chi connectivity index (χ4v) is 1.72. The SMILES string of the molecule is CSCCN(C)c1cc(C(F)(F)F)nc(Cl)n1. The molecular weight excluding hydrogens is 275 g/mol. The van der Waals surface area contributed by atoms with Gasteiger partial charge in [0.1, 0.15) is 5.82 Å². The van der Waals surface area contributed by atoms with Crippen LogP contribution in [0.2, 0.25) is 5.28 Å². The number of nitrogens with zero attached hydrogens (tertiary/aromatic N) is 3. The maximum absolute atomic E-state index is 12.5. The van der Waals surface area contributed by atoms with Crippen LogP contribution in [0.15, 0.2) is 6.07 Å². The fraction of sp³-hybridized carbons (Fsp3) is 0.556. The van der Waals surface area contributed by atoms with Gasteiger partial charge in [0.2, 0.25) is 5.28 Å². The zero-order valence-electron chi connectivity index (χ0n) is 9.25. The van der Waals surface area contributed by atoms with E-state index < -0.39 is 17.2 Å². The van der Waals surface area contributed by atoms with Crippen LogP contribution in [0.25, 0.3) is 0 Å². The Morgan fingerprint density at radius 2 is 2.06 bits per heavy atom. The Bertz CT molecular complexity index is 386. The van der Waals surface area contributed by atoms with Crippen LogP contribution in [0.1, 0.15) is 5.69 Å². The molecular formula is C9H11ClF3N3S. The molecule has 0 aliphatic heterocycles. The maximum Gasteiger partial charge on any atom is 0.433 e. The minimum atomic E-state index is -4.51. The number of alkyl halides is 3. The smallest absolute Gasteiger partial charge is 0.359 e. The van der Waals surface area contributed by atoms with Gasteiger partial charge in [0, 0.05) is 25.4 Å². The molecule has 0 atom stereocenters. The van der Waals surface area contributed by atoms with Gasteiger partial charge in [-0.2, -0.15) is 24.9 Å². The zero-order valence-corrected chi connectivity index (χ0v) is 10.8. The van der Waals surface area contributed by atoms with E-state index in [1.807, 2.05) is 6.26 Å². The summed E-state index contributed by atoms with van der Waals surface area (Å²) in [5.74, 6) is 0.964. The second-order valence-electron chi connectivity index (χ2n) is 3.29. The van der Waals surface area contributed by atoms with Crippen LogP contribution in [0, 0.1) is 0 Å². The van der Waals surface area contributed by atoms with Gasteiger partial charge in [-0.05, 0) is 17.9 Å². The summed E-state index contributed by atoms with van der Waals surface area (Å²) in [6, 6.07) is 0.895. The molecule has 0 unspecified atom stereocenters. The van der Waals surface area contributed by atoms with Gasteiger partial charge < -0.3 is 4.90 Å². The molecule has 0 N–H and O–H groups in total. The topological polar surface area (TPSA) is 29.0 Å². The van der Waals surface area contributed by atoms with Crippen LogP contribution in [-0.4, -0.2) is 35.6 Å². The van der Waals surface area contributed by atoms with E-state index in [4.69, 9.17) is 11.6 Å². The third-order valence-corrected chi connectivity index (χ3v) is 2.76. The van der Waals surface area contributed by atoms with Crippen molar-refractivity contribution in [1.82, 2.24) is 9.97 Å². The lowest BCUT2D eigenvalue weighted by Crippen LogP contribution is -2.22. The van der Waals surface area contributed by atoms with E-state index in [9.17, 15) is 13.2 Å². The molecule has 0 saturated carbocycles. The van der Waals surface area contributed by atoms with Gasteiger partial charge in [-0.1, -0.05) is 0 Å². The standard InChI is InChI=1S/C9H11ClF3N3S/c1-16(3-4-17-2)7-5-6(9(11,12)13)14-8(10)15-7/h5H,3-4H2,1-2H3. The number of thioether (sulfide) groups is 1. The van der Waals surface area contributed by atoms with E-state index in [1.54, 1.807) is 23.7 Å². The summed E-state index contributed by atoms with van der Waals surface area (Å²) < 4.78 is 37.5. The first kappa shape index (κ1) is 14.4. The van der Waals surface area contributed by atoms with Crippen LogP contribution in [-0.2, 0) is 6.18 Å². The van der Waals surface area contributed by atoms with E-state index in [0.717, 1.165) is 11.8 Å². The Kier molecular flexibility index (Phi) is 4.88. The molecule has 0 fully saturated rings. The molecule has 0 aliphatic rings. The molecule has 1 aromatic rings. The molecule has 0 aliphatic carbocycles. The van der Waals surface area contributed by atoms with E-state index >= 15 is 0 Å². The van der Waals surface area contributed by atoms with Crippen LogP contribution < -0.4 is 4.90 Å². The number of rotatable bonds is 4. The number of hydrogen-bond acceptors (Lipinski definition) is 4. The summed E-state index contributed by atoms with van der Waals surface area (Å²) >= 11 is 7.08. The third kappa shape index (κ3) is 4.23. The maximum atomic E-state index is 12.5. The first-order chi connectivity index (χ1) is 7.84. The molecule has 0 saturated heterocycles. The molecule has 0 radical (unpaired) electrons. The summed E-state index contributed by atoms with van der Waals surface area (Å²) in [6.07, 6.45) is -2.59. The van der Waals surface area contributed by atoms with Crippen LogP contribution in [0.4, 0.5) is 19.0 Å². The summed E-state index contributed by atoms with van der Waals surface area (Å²) in [5, 5.41) is -0.397. The summed E-state index contributed by atoms with van der Waals surface area (Å²) in [5.41, 5.74) is -1.02. The van der Waals surface area contributed by atoms with Crippen molar-refractivity contribution in [3.63, 3.8) is 0 Å². The number of hydrogen-bond donors (Lipinski definition) is 0. The third-order valence-electron chi connectivity index (χ3n) is 2.00. The number of aromatic nitrogens is 2. The predicted molar refractivity (Wildman–Crippen MR) is 63.7 cm³/mol. The summed E-state index contributed by atoms with van der Waals surface area (Å²) in [6.45, 7) is 0.589. The fourth-order valence-electron chi connectivity index (χ4n) is 1.09. The highest BCUT2D eigenvalue weighted by molar-refractivity contribution is 7.98. The Labute approximate surface area is 106 Å². The lowest BCUT2D eigenvalue weighted by atomic mass is 10.3. The van der Waals surface area contributed by atoms with Crippen molar-refractivity contribution in [2.24, 2.45) is 0 Å². The summed E-state index contributed by atoms with van der Waals surface area (Å²) in [7, 11) is 1.66. The van der Waals surface area contributed by atoms with Crippen LogP contribution in [0.5, 0.6) is 0 Å². The molecule has 17 heavy (non-hydrogen) atoms. The minimum Gasteiger partial charge on any atom is -0.359 e. The van der Waals surface area contributed by atoms with Gasteiger partial charge >= 0.3 is 6.18 Å². The highest BCUT2D eigenvalue weighted by atomic mass is 35.5. The van der Waals surface area contributed by atoms with Gasteiger partial charge in [0.25, 0.3) is 0 Å². The van der Waals surface area contributed by atoms with E-state index in [-0.39, 0.29) is 5.82 Å². The Hall–Kier alpha value is -0.690. The van der Waals surface area contributed by atoms with Crippen molar-refractivity contribution in [2.45, 2.75) is 6.18 Å². The van der Waals surface area contributed by atoms with E-state index in [1.165, 1.54) is 0 Å². The van der Waals surface area contributed by atoms with Crippen molar-refractivity contribution >= 4 is 29.2 Å². The quantitative estimate of drug-likeness (QED) is 0.796. The average molecular weight is 286 g/mol. The highest BCUT2D eigenvalue weighted by Gasteiger charge is 2.33. The second-order valence-corrected chi connectivity index (χ2v) is 4.62. The molecule has 3 nitrogen and oxygen atoms in total. The van der Waals surface area contributed by atoms with Crippen molar-refractivity contribution in [2.75, 3.05) is 30.5 Å². The Morgan fingerprint density at radius 1 is 1.41 bits per heavy atom. The first-order valence-electron chi connectivity index (χ1n) is 4.66. The van der Waals surface area contributed by atoms with Crippen molar-refractivity contribution in [3.8, 4) is 0 Å². The van der Waals surface area contributed by atoms with E-state index in [2.05, 4.69) is 9.97 Å². The van der Waals surface area contributed by atoms with Gasteiger partial charge in [-0.15, -0.1) is 0 Å². The normalized spacial score (nSPS) is 11.6. The van der Waals surface area contributed by atoms with Crippen molar-refractivity contribution in [3.05, 3.63) is 17.0 Å². The molecule has 8 heteroatoms. The second kappa shape index (κ2) is 5.77. The predicted octanol–water partition coefficient (Wildman–Crippen LogP) is 2.95. The van der Waals surface area contributed by atoms with Gasteiger partial charge in [-0.3, -0.25) is 0 Å². The van der Waals surface area contributed by atoms with Gasteiger partial charge in [-0.25, -0.2) is 9.97 Å². The minimum absolute atomic E-state index is 0.173. The van der Waals surface area contributed by atoms with Gasteiger partial charge in [0.15, 0.2) is 5.69 Å². The highest BCUT2D eigenvalue weighted by Crippen LogP contribution is 2.30. The lowest BCUT2D eigenvalue weighted by Gasteiger charge is -2.18. The monoisotopic (exact) mass is 285 g/mol. The average Bonchev–Trinajstić information content (AvgIpc) is 2.23. The van der Waals surface area contributed by atoms with Crippen LogP contribution >= 0.6 is 23.4 Å². The van der Waals surface area contributed by atoms with Crippen molar-refractivity contribution in [1.29, 1.82) is 0 Å². The Balaban J connectivity index is 2.97. The molecule has 1 rings (SSSR count). The van der Waals surface area contributed by atoms with Crippen LogP contribution in [0.3, 0.4) is 0 Å². The molecule has 0 aromatic carbocycles. The zero-order chi connectivity index (χ0) is 13.1. The molecule has 0 amide bonds. The summed E-state index contributed by atoms with van der Waals surface area (Å²) in [4.78, 5) is 8.55. The first-order valence-corrected chi connectivity index (χ1v) is 6.43. The number of anilines is 1. The van der Waals surface area contributed by atoms with Gasteiger partial charge in [0.05, 0.1) is 0 Å². The number of halogens is 4. The molecule has 1 heterocycles. The van der Waals surface area contributed by atoms with E-state index in [0.29, 0.717) is 6.54 Å². The lowest BCUT2D eigenvalue weighted by molar-refractivity contribution is -0.141.